The van der Waals surface area contributed by atoms with Crippen LogP contribution in [0, 0.1) is 6.92 Å². The number of primary amides is 2. The predicted octanol–water partition coefficient (Wildman–Crippen LogP) is 2.02. The molecule has 0 saturated carbocycles. The van der Waals surface area contributed by atoms with Crippen LogP contribution in [0.2, 0.25) is 0 Å². The average Bonchev–Trinajstić information content (AvgIpc) is 2.83. The van der Waals surface area contributed by atoms with Gasteiger partial charge in [-0.3, -0.25) is 14.3 Å². The molecule has 1 heterocycles. The molecule has 0 unspecified atom stereocenters. The molecular formula is C15H15F3N4O2. The number of carbonyl (C=O) groups is 2. The van der Waals surface area contributed by atoms with Gasteiger partial charge in [0.15, 0.2) is 5.69 Å². The lowest BCUT2D eigenvalue weighted by Gasteiger charge is -2.16. The van der Waals surface area contributed by atoms with Crippen LogP contribution >= 0.6 is 0 Å². The maximum atomic E-state index is 12.6. The Kier molecular flexibility index (Phi) is 4.37. The zero-order valence-corrected chi connectivity index (χ0v) is 12.9. The van der Waals surface area contributed by atoms with Crippen molar-refractivity contribution in [2.75, 3.05) is 0 Å². The van der Waals surface area contributed by atoms with E-state index in [0.717, 1.165) is 12.1 Å². The number of amides is 2. The molecule has 1 atom stereocenters. The third-order valence-corrected chi connectivity index (χ3v) is 3.70. The van der Waals surface area contributed by atoms with Crippen LogP contribution in [0.15, 0.2) is 24.3 Å². The summed E-state index contributed by atoms with van der Waals surface area (Å²) in [5.41, 5.74) is 10.3. The second-order valence-electron chi connectivity index (χ2n) is 5.29. The molecule has 0 spiro atoms. The van der Waals surface area contributed by atoms with Crippen LogP contribution in [-0.4, -0.2) is 21.6 Å². The van der Waals surface area contributed by atoms with Gasteiger partial charge in [0.2, 0.25) is 0 Å². The van der Waals surface area contributed by atoms with E-state index in [2.05, 4.69) is 5.10 Å². The SMILES string of the molecule is Cc1c(C(N)=O)nn([C@H](C)c2ccc(C(F)(F)F)cc2)c1C(N)=O. The van der Waals surface area contributed by atoms with E-state index in [-0.39, 0.29) is 17.0 Å². The van der Waals surface area contributed by atoms with E-state index in [9.17, 15) is 22.8 Å². The second-order valence-corrected chi connectivity index (χ2v) is 5.29. The van der Waals surface area contributed by atoms with E-state index in [4.69, 9.17) is 11.5 Å². The molecule has 0 bridgehead atoms. The number of hydrogen-bond donors (Lipinski definition) is 2. The first kappa shape index (κ1) is 17.5. The average molecular weight is 340 g/mol. The Hall–Kier alpha value is -2.84. The van der Waals surface area contributed by atoms with Gasteiger partial charge in [-0.15, -0.1) is 0 Å². The van der Waals surface area contributed by atoms with Gasteiger partial charge < -0.3 is 11.5 Å². The van der Waals surface area contributed by atoms with Gasteiger partial charge in [0.25, 0.3) is 11.8 Å². The number of nitrogens with zero attached hydrogens (tertiary/aromatic N) is 2. The highest BCUT2D eigenvalue weighted by atomic mass is 19.4. The summed E-state index contributed by atoms with van der Waals surface area (Å²) in [6, 6.07) is 3.79. The highest BCUT2D eigenvalue weighted by Crippen LogP contribution is 2.31. The number of nitrogens with two attached hydrogens (primary N) is 2. The van der Waals surface area contributed by atoms with Crippen LogP contribution in [0.4, 0.5) is 13.2 Å². The van der Waals surface area contributed by atoms with Gasteiger partial charge in [-0.25, -0.2) is 0 Å². The van der Waals surface area contributed by atoms with Gasteiger partial charge in [0.05, 0.1) is 11.6 Å². The highest BCUT2D eigenvalue weighted by Gasteiger charge is 2.30. The lowest BCUT2D eigenvalue weighted by Crippen LogP contribution is -2.21. The van der Waals surface area contributed by atoms with Crippen molar-refractivity contribution >= 4 is 11.8 Å². The monoisotopic (exact) mass is 340 g/mol. The van der Waals surface area contributed by atoms with Crippen molar-refractivity contribution < 1.29 is 22.8 Å². The fourth-order valence-electron chi connectivity index (χ4n) is 2.42. The van der Waals surface area contributed by atoms with Gasteiger partial charge in [0, 0.05) is 5.56 Å². The summed E-state index contributed by atoms with van der Waals surface area (Å²) in [6.45, 7) is 3.09. The third-order valence-electron chi connectivity index (χ3n) is 3.70. The molecule has 128 valence electrons. The van der Waals surface area contributed by atoms with Crippen LogP contribution in [0.3, 0.4) is 0 Å². The summed E-state index contributed by atoms with van der Waals surface area (Å²) in [5, 5.41) is 4.00. The summed E-state index contributed by atoms with van der Waals surface area (Å²) in [4.78, 5) is 23.1. The molecule has 1 aromatic heterocycles. The van der Waals surface area contributed by atoms with Crippen LogP contribution in [0.5, 0.6) is 0 Å². The lowest BCUT2D eigenvalue weighted by molar-refractivity contribution is -0.137. The normalized spacial score (nSPS) is 12.9. The molecule has 4 N–H and O–H groups in total. The van der Waals surface area contributed by atoms with Crippen LogP contribution < -0.4 is 11.5 Å². The largest absolute Gasteiger partial charge is 0.416 e. The molecule has 0 aliphatic carbocycles. The van der Waals surface area contributed by atoms with Gasteiger partial charge in [-0.1, -0.05) is 12.1 Å². The van der Waals surface area contributed by atoms with Crippen LogP contribution in [-0.2, 0) is 6.18 Å². The van der Waals surface area contributed by atoms with Gasteiger partial charge in [-0.2, -0.15) is 18.3 Å². The van der Waals surface area contributed by atoms with Crippen molar-refractivity contribution in [3.63, 3.8) is 0 Å². The molecule has 1 aromatic carbocycles. The smallest absolute Gasteiger partial charge is 0.364 e. The highest BCUT2D eigenvalue weighted by molar-refractivity contribution is 5.99. The maximum Gasteiger partial charge on any atom is 0.416 e. The molecule has 24 heavy (non-hydrogen) atoms. The van der Waals surface area contributed by atoms with Crippen molar-refractivity contribution in [1.82, 2.24) is 9.78 Å². The maximum absolute atomic E-state index is 12.6. The van der Waals surface area contributed by atoms with Crippen molar-refractivity contribution in [3.05, 3.63) is 52.3 Å². The van der Waals surface area contributed by atoms with E-state index >= 15 is 0 Å². The molecule has 2 aromatic rings. The Morgan fingerprint density at radius 1 is 1.12 bits per heavy atom. The number of carbonyl (C=O) groups excluding carboxylic acids is 2. The molecule has 0 radical (unpaired) electrons. The summed E-state index contributed by atoms with van der Waals surface area (Å²) >= 11 is 0. The summed E-state index contributed by atoms with van der Waals surface area (Å²) < 4.78 is 39.1. The van der Waals surface area contributed by atoms with Gasteiger partial charge in [0.1, 0.15) is 5.69 Å². The molecule has 0 fully saturated rings. The van der Waals surface area contributed by atoms with E-state index in [1.165, 1.54) is 23.7 Å². The predicted molar refractivity (Wildman–Crippen MR) is 79.3 cm³/mol. The fourth-order valence-corrected chi connectivity index (χ4v) is 2.42. The number of alkyl halides is 3. The quantitative estimate of drug-likeness (QED) is 0.889. The van der Waals surface area contributed by atoms with Crippen LogP contribution in [0.25, 0.3) is 0 Å². The molecule has 0 aliphatic heterocycles. The molecule has 0 aliphatic rings. The second kappa shape index (κ2) is 5.99. The fraction of sp³-hybridized carbons (Fsp3) is 0.267. The van der Waals surface area contributed by atoms with Gasteiger partial charge >= 0.3 is 6.18 Å². The third kappa shape index (κ3) is 3.10. The Bertz CT molecular complexity index is 794. The minimum absolute atomic E-state index is 0.0174. The van der Waals surface area contributed by atoms with Crippen molar-refractivity contribution in [2.24, 2.45) is 11.5 Å². The summed E-state index contributed by atoms with van der Waals surface area (Å²) in [7, 11) is 0. The zero-order chi connectivity index (χ0) is 18.2. The Morgan fingerprint density at radius 3 is 2.08 bits per heavy atom. The number of halogens is 3. The van der Waals surface area contributed by atoms with Crippen molar-refractivity contribution in [3.8, 4) is 0 Å². The Morgan fingerprint density at radius 2 is 1.67 bits per heavy atom. The summed E-state index contributed by atoms with van der Waals surface area (Å²) in [5.74, 6) is -1.64. The summed E-state index contributed by atoms with van der Waals surface area (Å²) in [6.07, 6.45) is -4.44. The Labute approximate surface area is 135 Å². The first-order chi connectivity index (χ1) is 11.0. The zero-order valence-electron chi connectivity index (χ0n) is 12.9. The number of rotatable bonds is 4. The van der Waals surface area contributed by atoms with E-state index in [1.807, 2.05) is 0 Å². The molecule has 2 amide bonds. The number of benzene rings is 1. The molecular weight excluding hydrogens is 325 g/mol. The number of aromatic nitrogens is 2. The van der Waals surface area contributed by atoms with E-state index in [1.54, 1.807) is 6.92 Å². The standard InChI is InChI=1S/C15H15F3N4O2/c1-7-11(13(19)23)21-22(12(7)14(20)24)8(2)9-3-5-10(6-4-9)15(16,17)18/h3-6,8H,1-2H3,(H2,19,23)(H2,20,24)/t8-/m1/s1. The van der Waals surface area contributed by atoms with Gasteiger partial charge in [-0.05, 0) is 31.5 Å². The number of hydrogen-bond acceptors (Lipinski definition) is 3. The minimum Gasteiger partial charge on any atom is -0.364 e. The molecule has 9 heteroatoms. The van der Waals surface area contributed by atoms with E-state index in [0.29, 0.717) is 5.56 Å². The molecule has 6 nitrogen and oxygen atoms in total. The first-order valence-corrected chi connectivity index (χ1v) is 6.90. The molecule has 0 saturated heterocycles. The molecule has 2 rings (SSSR count). The topological polar surface area (TPSA) is 104 Å². The first-order valence-electron chi connectivity index (χ1n) is 6.90. The van der Waals surface area contributed by atoms with E-state index < -0.39 is 29.6 Å². The lowest BCUT2D eigenvalue weighted by atomic mass is 10.1. The van der Waals surface area contributed by atoms with Crippen LogP contribution in [0.1, 0.15) is 50.6 Å². The minimum atomic E-state index is -4.44. The van der Waals surface area contributed by atoms with Crippen molar-refractivity contribution in [1.29, 1.82) is 0 Å². The Balaban J connectivity index is 2.50. The van der Waals surface area contributed by atoms with Crippen molar-refractivity contribution in [2.45, 2.75) is 26.1 Å².